The number of esters is 1. The van der Waals surface area contributed by atoms with Gasteiger partial charge in [0.05, 0.1) is 12.2 Å². The third-order valence-electron chi connectivity index (χ3n) is 13.2. The van der Waals surface area contributed by atoms with E-state index < -0.39 is 54.8 Å². The van der Waals surface area contributed by atoms with E-state index in [1.165, 1.54) is 28.2 Å². The second kappa shape index (κ2) is 17.7. The molecule has 9 rings (SSSR count). The lowest BCUT2D eigenvalue weighted by atomic mass is 9.81. The number of carbonyl (C=O) groups excluding carboxylic acids is 2. The van der Waals surface area contributed by atoms with Crippen LogP contribution in [-0.2, 0) is 39.6 Å². The number of anilines is 1. The number of unbranched alkanes of at least 4 members (excludes halogenated alkanes) is 2. The number of amides is 1. The summed E-state index contributed by atoms with van der Waals surface area (Å²) in [6, 6.07) is 8.93. The Morgan fingerprint density at radius 2 is 1.47 bits per heavy atom. The molecule has 0 aromatic heterocycles. The molecule has 0 saturated carbocycles. The number of halogens is 5. The van der Waals surface area contributed by atoms with Crippen molar-refractivity contribution in [3.05, 3.63) is 109 Å². The van der Waals surface area contributed by atoms with Gasteiger partial charge >= 0.3 is 5.97 Å². The summed E-state index contributed by atoms with van der Waals surface area (Å²) in [6.45, 7) is 8.31. The monoisotopic (exact) mass is 905 g/mol. The molecule has 1 atom stereocenters. The zero-order valence-electron chi connectivity index (χ0n) is 35.9. The van der Waals surface area contributed by atoms with Crippen molar-refractivity contribution in [3.8, 4) is 17.2 Å². The molecule has 16 heteroatoms. The van der Waals surface area contributed by atoms with E-state index in [-0.39, 0.29) is 37.1 Å². The highest BCUT2D eigenvalue weighted by molar-refractivity contribution is 7.59. The number of benzene rings is 4. The lowest BCUT2D eigenvalue weighted by Crippen LogP contribution is -2.45. The quantitative estimate of drug-likeness (QED) is 0.0189. The first-order valence-electron chi connectivity index (χ1n) is 22.4. The summed E-state index contributed by atoms with van der Waals surface area (Å²) in [5, 5.41) is 1.95. The number of aryl methyl sites for hydroxylation is 2. The second-order valence-electron chi connectivity index (χ2n) is 17.1. The molecule has 1 amide bonds. The summed E-state index contributed by atoms with van der Waals surface area (Å²) in [7, 11) is -4.79. The van der Waals surface area contributed by atoms with Crippen molar-refractivity contribution in [1.82, 2.24) is 9.48 Å². The van der Waals surface area contributed by atoms with Crippen LogP contribution in [0.5, 0.6) is 17.2 Å². The molecule has 4 aromatic carbocycles. The van der Waals surface area contributed by atoms with E-state index in [9.17, 15) is 41.0 Å². The molecule has 338 valence electrons. The minimum absolute atomic E-state index is 0.0408. The normalized spacial score (nSPS) is 16.8. The molecule has 5 heterocycles. The Hall–Kier alpha value is -5.11. The Balaban J connectivity index is 1.07. The summed E-state index contributed by atoms with van der Waals surface area (Å²) in [6.07, 6.45) is 7.33. The first-order valence-corrected chi connectivity index (χ1v) is 23.9. The first kappa shape index (κ1) is 44.1. The van der Waals surface area contributed by atoms with Crippen molar-refractivity contribution in [2.75, 3.05) is 50.8 Å². The molecule has 0 radical (unpaired) electrons. The van der Waals surface area contributed by atoms with E-state index in [2.05, 4.69) is 26.3 Å². The Kier molecular flexibility index (Phi) is 12.2. The van der Waals surface area contributed by atoms with E-state index in [0.717, 1.165) is 117 Å². The number of nitrogens with zero attached hydrogens (tertiary/aromatic N) is 3. The first-order chi connectivity index (χ1) is 30.8. The maximum absolute atomic E-state index is 14.5. The van der Waals surface area contributed by atoms with Crippen molar-refractivity contribution in [1.29, 1.82) is 0 Å². The zero-order valence-corrected chi connectivity index (χ0v) is 36.8. The van der Waals surface area contributed by atoms with Gasteiger partial charge in [0, 0.05) is 89.5 Å². The Morgan fingerprint density at radius 3 is 2.20 bits per heavy atom. The van der Waals surface area contributed by atoms with E-state index in [1.54, 1.807) is 17.0 Å². The molecule has 4 aromatic rings. The summed E-state index contributed by atoms with van der Waals surface area (Å²) >= 11 is 0. The van der Waals surface area contributed by atoms with Gasteiger partial charge in [0.2, 0.25) is 40.2 Å². The van der Waals surface area contributed by atoms with Crippen LogP contribution >= 0.6 is 7.60 Å². The molecule has 0 fully saturated rings. The summed E-state index contributed by atoms with van der Waals surface area (Å²) < 4.78 is 102. The number of carbonyl (C=O) groups is 2. The maximum atomic E-state index is 14.5. The molecular weight excluding hydrogens is 857 g/mol. The van der Waals surface area contributed by atoms with Gasteiger partial charge in [0.25, 0.3) is 5.91 Å². The Bertz CT molecular complexity index is 2760. The van der Waals surface area contributed by atoms with Crippen LogP contribution in [0, 0.1) is 29.1 Å². The van der Waals surface area contributed by atoms with Gasteiger partial charge in [-0.25, -0.2) is 17.7 Å². The molecule has 0 spiro atoms. The fourth-order valence-corrected chi connectivity index (χ4v) is 11.3. The summed E-state index contributed by atoms with van der Waals surface area (Å²) in [5.41, 5.74) is 8.39. The number of ether oxygens (including phenoxy) is 2. The predicted octanol–water partition coefficient (Wildman–Crippen LogP) is 6.66. The van der Waals surface area contributed by atoms with Gasteiger partial charge in [0.15, 0.2) is 7.60 Å². The van der Waals surface area contributed by atoms with Crippen molar-refractivity contribution in [3.63, 3.8) is 0 Å². The van der Waals surface area contributed by atoms with Gasteiger partial charge in [-0.2, -0.15) is 8.78 Å². The fraction of sp³-hybridized carbons (Fsp3) is 0.438. The molecule has 1 unspecified atom stereocenters. The van der Waals surface area contributed by atoms with E-state index in [0.29, 0.717) is 24.2 Å². The van der Waals surface area contributed by atoms with Gasteiger partial charge in [-0.15, -0.1) is 0 Å². The van der Waals surface area contributed by atoms with E-state index in [1.807, 2.05) is 13.8 Å². The SMILES string of the molecule is CCN(CC)C(=O)c1ccc(P(=O)([O-])OCCCCCC(=O)Oc2c(F)c(F)c(F)c(F)c2F)cc1C1=c2cc3c4c(c2Oc2c1cc1c5c2CCCN5CCC1)CCC[N+]=4CCC3. The highest BCUT2D eigenvalue weighted by atomic mass is 31.2. The minimum atomic E-state index is -4.79. The molecule has 64 heavy (non-hydrogen) atoms. The Labute approximate surface area is 367 Å². The van der Waals surface area contributed by atoms with Crippen LogP contribution in [0.4, 0.5) is 27.6 Å². The predicted molar refractivity (Wildman–Crippen MR) is 228 cm³/mol. The summed E-state index contributed by atoms with van der Waals surface area (Å²) in [5.74, 6) is -13.0. The minimum Gasteiger partial charge on any atom is -0.775 e. The maximum Gasteiger partial charge on any atom is 0.311 e. The van der Waals surface area contributed by atoms with Crippen molar-refractivity contribution in [2.24, 2.45) is 0 Å². The second-order valence-corrected chi connectivity index (χ2v) is 18.8. The molecule has 0 bridgehead atoms. The van der Waals surface area contributed by atoms with Crippen LogP contribution in [0.1, 0.15) is 109 Å². The molecule has 0 aliphatic carbocycles. The van der Waals surface area contributed by atoms with Gasteiger partial charge in [-0.3, -0.25) is 9.59 Å². The summed E-state index contributed by atoms with van der Waals surface area (Å²) in [4.78, 5) is 45.1. The average molecular weight is 906 g/mol. The average Bonchev–Trinajstić information content (AvgIpc) is 3.30. The molecule has 5 aliphatic rings. The third kappa shape index (κ3) is 7.70. The lowest BCUT2D eigenvalue weighted by molar-refractivity contribution is -0.194. The van der Waals surface area contributed by atoms with Crippen molar-refractivity contribution < 1.29 is 55.0 Å². The fourth-order valence-electron chi connectivity index (χ4n) is 10.2. The number of fused-ring (bicyclic) bond motifs is 4. The zero-order chi connectivity index (χ0) is 45.0. The molecule has 0 saturated heterocycles. The van der Waals surface area contributed by atoms with Crippen molar-refractivity contribution >= 4 is 36.0 Å². The van der Waals surface area contributed by atoms with Gasteiger partial charge < -0.3 is 33.3 Å². The number of hydrogen-bond acceptors (Lipinski definition) is 8. The molecule has 10 nitrogen and oxygen atoms in total. The molecule has 0 N–H and O–H groups in total. The highest BCUT2D eigenvalue weighted by Gasteiger charge is 2.37. The van der Waals surface area contributed by atoms with Crippen LogP contribution in [0.3, 0.4) is 0 Å². The van der Waals surface area contributed by atoms with Crippen LogP contribution in [0.15, 0.2) is 30.3 Å². The van der Waals surface area contributed by atoms with Crippen LogP contribution in [0.25, 0.3) is 5.57 Å². The van der Waals surface area contributed by atoms with Crippen LogP contribution in [0.2, 0.25) is 0 Å². The smallest absolute Gasteiger partial charge is 0.311 e. The van der Waals surface area contributed by atoms with Crippen LogP contribution < -0.4 is 39.7 Å². The molecular formula is C48H49F5N3O7P. The number of hydrogen-bond donors (Lipinski definition) is 0. The molecule has 5 aliphatic heterocycles. The largest absolute Gasteiger partial charge is 0.775 e. The van der Waals surface area contributed by atoms with E-state index in [4.69, 9.17) is 9.26 Å². The topological polar surface area (TPSA) is 111 Å². The van der Waals surface area contributed by atoms with Gasteiger partial charge in [0.1, 0.15) is 24.6 Å². The van der Waals surface area contributed by atoms with Gasteiger partial charge in [-0.1, -0.05) is 6.42 Å². The van der Waals surface area contributed by atoms with Crippen molar-refractivity contribution in [2.45, 2.75) is 90.9 Å². The van der Waals surface area contributed by atoms with Crippen LogP contribution in [-0.4, -0.2) is 62.7 Å². The van der Waals surface area contributed by atoms with Gasteiger partial charge in [-0.05, 0) is 107 Å². The number of rotatable bonds is 13. The Morgan fingerprint density at radius 1 is 0.797 bits per heavy atom. The lowest BCUT2D eigenvalue weighted by Gasteiger charge is -2.39. The highest BCUT2D eigenvalue weighted by Crippen LogP contribution is 2.49. The standard InChI is InChI=1S/C48H49F5N3O7P/c1-3-54(4-2)48(58)30-18-17-29(64(59,60)61-23-7-5-6-16-36(57)62-47-41(52)39(50)38(49)40(51)42(47)53)26-33(30)37-34-24-27-12-8-19-55-21-10-14-31(43(27)55)45(34)63-46-32-15-11-22-56-20-9-13-28(44(32)56)25-35(37)46/h17-18,24-26H,3-16,19-23H2,1-2H3. The van der Waals surface area contributed by atoms with E-state index >= 15 is 0 Å². The third-order valence-corrected chi connectivity index (χ3v) is 14.7.